The topological polar surface area (TPSA) is 58.4 Å². The van der Waals surface area contributed by atoms with Crippen LogP contribution in [0.15, 0.2) is 24.5 Å². The molecule has 1 unspecified atom stereocenters. The van der Waals surface area contributed by atoms with Crippen LogP contribution < -0.4 is 4.90 Å². The largest absolute Gasteiger partial charge is 0.396 e. The lowest BCUT2D eigenvalue weighted by Crippen LogP contribution is -2.34. The summed E-state index contributed by atoms with van der Waals surface area (Å²) < 4.78 is 1.93. The van der Waals surface area contributed by atoms with Crippen LogP contribution in [0.25, 0.3) is 11.0 Å². The van der Waals surface area contributed by atoms with E-state index in [2.05, 4.69) is 4.98 Å². The predicted octanol–water partition coefficient (Wildman–Crippen LogP) is 1.55. The van der Waals surface area contributed by atoms with Crippen LogP contribution >= 0.6 is 0 Å². The minimum Gasteiger partial charge on any atom is -0.396 e. The maximum atomic E-state index is 12.2. The molecule has 0 radical (unpaired) electrons. The van der Waals surface area contributed by atoms with E-state index in [0.717, 1.165) is 16.7 Å². The number of imidazole rings is 1. The van der Waals surface area contributed by atoms with E-state index in [-0.39, 0.29) is 18.4 Å². The molecule has 2 rings (SSSR count). The van der Waals surface area contributed by atoms with Crippen LogP contribution in [0.3, 0.4) is 0 Å². The zero-order chi connectivity index (χ0) is 14.0. The number of anilines is 1. The maximum absolute atomic E-state index is 12.2. The number of benzene rings is 1. The van der Waals surface area contributed by atoms with Gasteiger partial charge < -0.3 is 14.6 Å². The molecule has 102 valence electrons. The van der Waals surface area contributed by atoms with Crippen molar-refractivity contribution in [3.63, 3.8) is 0 Å². The summed E-state index contributed by atoms with van der Waals surface area (Å²) in [6.07, 6.45) is 2.38. The Morgan fingerprint density at radius 1 is 1.53 bits per heavy atom. The van der Waals surface area contributed by atoms with Gasteiger partial charge in [-0.15, -0.1) is 0 Å². The summed E-state index contributed by atoms with van der Waals surface area (Å²) in [7, 11) is 3.66. The van der Waals surface area contributed by atoms with Crippen LogP contribution in [0.1, 0.15) is 13.3 Å². The Labute approximate surface area is 112 Å². The molecule has 0 fully saturated rings. The van der Waals surface area contributed by atoms with Crippen molar-refractivity contribution >= 4 is 22.6 Å². The summed E-state index contributed by atoms with van der Waals surface area (Å²) in [6.45, 7) is 1.78. The number of aromatic nitrogens is 2. The van der Waals surface area contributed by atoms with E-state index in [1.54, 1.807) is 18.3 Å². The fourth-order valence-electron chi connectivity index (χ4n) is 2.12. The molecule has 2 aromatic rings. The number of aliphatic hydroxyl groups is 1. The molecule has 5 nitrogen and oxygen atoms in total. The van der Waals surface area contributed by atoms with Crippen LogP contribution in [0.2, 0.25) is 0 Å². The highest BCUT2D eigenvalue weighted by molar-refractivity contribution is 5.96. The highest BCUT2D eigenvalue weighted by atomic mass is 16.3. The molecule has 1 heterocycles. The van der Waals surface area contributed by atoms with Crippen molar-refractivity contribution in [3.05, 3.63) is 24.5 Å². The number of aryl methyl sites for hydroxylation is 1. The van der Waals surface area contributed by atoms with Gasteiger partial charge in [0.25, 0.3) is 0 Å². The fraction of sp³-hybridized carbons (Fsp3) is 0.429. The zero-order valence-corrected chi connectivity index (χ0v) is 11.5. The first-order valence-electron chi connectivity index (χ1n) is 6.38. The number of hydrogen-bond acceptors (Lipinski definition) is 3. The number of hydrogen-bond donors (Lipinski definition) is 1. The lowest BCUT2D eigenvalue weighted by molar-refractivity contribution is -0.123. The molecular formula is C14H19N3O2. The molecule has 1 amide bonds. The van der Waals surface area contributed by atoms with Crippen molar-refractivity contribution in [3.8, 4) is 0 Å². The third-order valence-corrected chi connectivity index (χ3v) is 3.49. The first-order chi connectivity index (χ1) is 9.08. The first-order valence-corrected chi connectivity index (χ1v) is 6.38. The van der Waals surface area contributed by atoms with Crippen LogP contribution in [0.4, 0.5) is 5.69 Å². The standard InChI is InChI=1S/C14H19N3O2/c1-4-10(8-18)14(19)17(3)11-5-6-13-12(7-11)15-9-16(13)2/h5-7,9-10,18H,4,8H2,1-3H3. The average molecular weight is 261 g/mol. The van der Waals surface area contributed by atoms with Crippen LogP contribution in [-0.2, 0) is 11.8 Å². The fourth-order valence-corrected chi connectivity index (χ4v) is 2.12. The van der Waals surface area contributed by atoms with E-state index >= 15 is 0 Å². The molecular weight excluding hydrogens is 242 g/mol. The summed E-state index contributed by atoms with van der Waals surface area (Å²) in [5.41, 5.74) is 2.68. The summed E-state index contributed by atoms with van der Waals surface area (Å²) in [5.74, 6) is -0.412. The molecule has 0 spiro atoms. The smallest absolute Gasteiger partial charge is 0.232 e. The molecule has 0 aliphatic carbocycles. The average Bonchev–Trinajstić information content (AvgIpc) is 2.80. The number of aliphatic hydroxyl groups excluding tert-OH is 1. The molecule has 0 aliphatic rings. The molecule has 0 bridgehead atoms. The van der Waals surface area contributed by atoms with Crippen molar-refractivity contribution < 1.29 is 9.90 Å². The van der Waals surface area contributed by atoms with Crippen LogP contribution in [0, 0.1) is 5.92 Å². The van der Waals surface area contributed by atoms with Gasteiger partial charge in [0.1, 0.15) is 0 Å². The van der Waals surface area contributed by atoms with Gasteiger partial charge in [-0.1, -0.05) is 6.92 Å². The van der Waals surface area contributed by atoms with Gasteiger partial charge in [-0.25, -0.2) is 4.98 Å². The van der Waals surface area contributed by atoms with E-state index in [1.807, 2.05) is 36.7 Å². The number of carbonyl (C=O) groups excluding carboxylic acids is 1. The SMILES string of the molecule is CCC(CO)C(=O)N(C)c1ccc2c(c1)ncn2C. The molecule has 1 aromatic heterocycles. The maximum Gasteiger partial charge on any atom is 0.232 e. The molecule has 0 saturated carbocycles. The number of carbonyl (C=O) groups is 1. The summed E-state index contributed by atoms with van der Waals surface area (Å²) in [5, 5.41) is 9.20. The van der Waals surface area contributed by atoms with E-state index in [4.69, 9.17) is 0 Å². The zero-order valence-electron chi connectivity index (χ0n) is 11.5. The van der Waals surface area contributed by atoms with Crippen molar-refractivity contribution in [1.29, 1.82) is 0 Å². The Morgan fingerprint density at radius 3 is 2.89 bits per heavy atom. The Hall–Kier alpha value is -1.88. The van der Waals surface area contributed by atoms with E-state index in [9.17, 15) is 9.90 Å². The van der Waals surface area contributed by atoms with E-state index < -0.39 is 0 Å². The minimum atomic E-state index is -0.343. The monoisotopic (exact) mass is 261 g/mol. The number of amides is 1. The summed E-state index contributed by atoms with van der Waals surface area (Å²) in [4.78, 5) is 18.1. The van der Waals surface area contributed by atoms with Gasteiger partial charge in [0.15, 0.2) is 0 Å². The molecule has 1 aromatic carbocycles. The second kappa shape index (κ2) is 5.40. The Kier molecular flexibility index (Phi) is 3.85. The molecule has 1 N–H and O–H groups in total. The van der Waals surface area contributed by atoms with Gasteiger partial charge in [-0.3, -0.25) is 4.79 Å². The molecule has 0 aliphatic heterocycles. The second-order valence-electron chi connectivity index (χ2n) is 4.71. The third-order valence-electron chi connectivity index (χ3n) is 3.49. The van der Waals surface area contributed by atoms with E-state index in [0.29, 0.717) is 6.42 Å². The molecule has 0 saturated heterocycles. The number of rotatable bonds is 4. The minimum absolute atomic E-state index is 0.0692. The van der Waals surface area contributed by atoms with Crippen molar-refractivity contribution in [1.82, 2.24) is 9.55 Å². The predicted molar refractivity (Wildman–Crippen MR) is 75.0 cm³/mol. The lowest BCUT2D eigenvalue weighted by atomic mass is 10.1. The van der Waals surface area contributed by atoms with Gasteiger partial charge in [-0.05, 0) is 24.6 Å². The van der Waals surface area contributed by atoms with Crippen molar-refractivity contribution in [2.24, 2.45) is 13.0 Å². The lowest BCUT2D eigenvalue weighted by Gasteiger charge is -2.21. The van der Waals surface area contributed by atoms with Gasteiger partial charge in [0.05, 0.1) is 29.9 Å². The molecule has 19 heavy (non-hydrogen) atoms. The second-order valence-corrected chi connectivity index (χ2v) is 4.71. The van der Waals surface area contributed by atoms with Gasteiger partial charge in [-0.2, -0.15) is 0 Å². The van der Waals surface area contributed by atoms with Gasteiger partial charge in [0, 0.05) is 19.8 Å². The molecule has 1 atom stereocenters. The first kappa shape index (κ1) is 13.5. The van der Waals surface area contributed by atoms with Crippen molar-refractivity contribution in [2.45, 2.75) is 13.3 Å². The highest BCUT2D eigenvalue weighted by Crippen LogP contribution is 2.21. The van der Waals surface area contributed by atoms with Crippen molar-refractivity contribution in [2.75, 3.05) is 18.6 Å². The van der Waals surface area contributed by atoms with Crippen LogP contribution in [0.5, 0.6) is 0 Å². The normalized spacial score (nSPS) is 12.6. The van der Waals surface area contributed by atoms with E-state index in [1.165, 1.54) is 0 Å². The third kappa shape index (κ3) is 2.46. The number of nitrogens with zero attached hydrogens (tertiary/aromatic N) is 3. The van der Waals surface area contributed by atoms with Gasteiger partial charge in [0.2, 0.25) is 5.91 Å². The molecule has 5 heteroatoms. The number of fused-ring (bicyclic) bond motifs is 1. The van der Waals surface area contributed by atoms with Gasteiger partial charge >= 0.3 is 0 Å². The van der Waals surface area contributed by atoms with Crippen LogP contribution in [-0.4, -0.2) is 34.2 Å². The summed E-state index contributed by atoms with van der Waals surface area (Å²) >= 11 is 0. The Morgan fingerprint density at radius 2 is 2.26 bits per heavy atom. The Bertz CT molecular complexity index is 587. The summed E-state index contributed by atoms with van der Waals surface area (Å²) in [6, 6.07) is 5.73. The quantitative estimate of drug-likeness (QED) is 0.908. The highest BCUT2D eigenvalue weighted by Gasteiger charge is 2.20. The Balaban J connectivity index is 2.30.